The number of nitrogens with one attached hydrogen (secondary N) is 2. The normalized spacial score (nSPS) is 10.2. The number of hydrogen-bond acceptors (Lipinski definition) is 4. The van der Waals surface area contributed by atoms with E-state index < -0.39 is 0 Å². The number of hydrogen-bond donors (Lipinski definition) is 2. The Morgan fingerprint density at radius 3 is 1.35 bits per heavy atom. The van der Waals surface area contributed by atoms with Gasteiger partial charge in [0.1, 0.15) is 0 Å². The van der Waals surface area contributed by atoms with Crippen molar-refractivity contribution in [2.45, 2.75) is 27.7 Å². The minimum atomic E-state index is -0.272. The van der Waals surface area contributed by atoms with Crippen LogP contribution in [0.2, 0.25) is 0 Å². The van der Waals surface area contributed by atoms with Crippen molar-refractivity contribution in [3.8, 4) is 0 Å². The highest BCUT2D eigenvalue weighted by atomic mass is 127. The van der Waals surface area contributed by atoms with Crippen LogP contribution in [0.4, 0.5) is 0 Å². The number of aryl methyl sites for hydroxylation is 2. The van der Waals surface area contributed by atoms with Gasteiger partial charge in [0, 0.05) is 11.4 Å². The standard InChI is InChI=1S/2C8H9BrINO2/c2*1-3-13-8(12)5-4(2)11-7(9)6(5)10/h2*11H,3H2,1-2H3. The molecule has 0 aliphatic carbocycles. The van der Waals surface area contributed by atoms with Gasteiger partial charge >= 0.3 is 11.9 Å². The minimum absolute atomic E-state index is 0.272. The second kappa shape index (κ2) is 11.1. The molecule has 2 aromatic rings. The van der Waals surface area contributed by atoms with Gasteiger partial charge in [-0.15, -0.1) is 0 Å². The van der Waals surface area contributed by atoms with Crippen molar-refractivity contribution in [2.24, 2.45) is 0 Å². The summed E-state index contributed by atoms with van der Waals surface area (Å²) < 4.78 is 13.2. The lowest BCUT2D eigenvalue weighted by atomic mass is 10.2. The van der Waals surface area contributed by atoms with Crippen molar-refractivity contribution in [1.29, 1.82) is 0 Å². The third-order valence-electron chi connectivity index (χ3n) is 3.13. The maximum absolute atomic E-state index is 11.4. The predicted molar refractivity (Wildman–Crippen MR) is 124 cm³/mol. The lowest BCUT2D eigenvalue weighted by Gasteiger charge is -2.00. The average Bonchev–Trinajstić information content (AvgIpc) is 2.95. The van der Waals surface area contributed by atoms with Crippen LogP contribution in [0.5, 0.6) is 0 Å². The maximum atomic E-state index is 11.4. The van der Waals surface area contributed by atoms with Gasteiger partial charge in [-0.05, 0) is 105 Å². The van der Waals surface area contributed by atoms with E-state index in [1.54, 1.807) is 13.8 Å². The Labute approximate surface area is 196 Å². The number of rotatable bonds is 4. The number of aromatic nitrogens is 2. The zero-order chi connectivity index (χ0) is 20.0. The first-order chi connectivity index (χ1) is 12.1. The Hall–Kier alpha value is -0.0800. The van der Waals surface area contributed by atoms with E-state index >= 15 is 0 Å². The highest BCUT2D eigenvalue weighted by molar-refractivity contribution is 14.1. The van der Waals surface area contributed by atoms with Gasteiger partial charge in [0.15, 0.2) is 0 Å². The number of ether oxygens (including phenoxy) is 2. The third-order valence-corrected chi connectivity index (χ3v) is 7.96. The maximum Gasteiger partial charge on any atom is 0.341 e. The second-order valence-corrected chi connectivity index (χ2v) is 8.69. The highest BCUT2D eigenvalue weighted by Crippen LogP contribution is 2.26. The first-order valence-corrected chi connectivity index (χ1v) is 11.3. The summed E-state index contributed by atoms with van der Waals surface area (Å²) in [5.74, 6) is -0.544. The quantitative estimate of drug-likeness (QED) is 0.313. The number of carbonyl (C=O) groups excluding carboxylic acids is 2. The van der Waals surface area contributed by atoms with Crippen molar-refractivity contribution in [1.82, 2.24) is 9.97 Å². The molecule has 0 radical (unpaired) electrons. The molecule has 0 amide bonds. The van der Waals surface area contributed by atoms with E-state index in [0.717, 1.165) is 27.7 Å². The molecule has 10 heteroatoms. The van der Waals surface area contributed by atoms with Crippen LogP contribution in [0.15, 0.2) is 9.21 Å². The molecular formula is C16H18Br2I2N2O4. The largest absolute Gasteiger partial charge is 0.462 e. The Morgan fingerprint density at radius 2 is 1.15 bits per heavy atom. The smallest absolute Gasteiger partial charge is 0.341 e. The topological polar surface area (TPSA) is 84.2 Å². The van der Waals surface area contributed by atoms with Crippen molar-refractivity contribution >= 4 is 89.0 Å². The third kappa shape index (κ3) is 5.96. The lowest BCUT2D eigenvalue weighted by molar-refractivity contribution is 0.0514. The molecule has 26 heavy (non-hydrogen) atoms. The van der Waals surface area contributed by atoms with Crippen molar-refractivity contribution in [2.75, 3.05) is 13.2 Å². The zero-order valence-electron chi connectivity index (χ0n) is 14.6. The number of H-pyrrole nitrogens is 2. The Balaban J connectivity index is 0.000000260. The van der Waals surface area contributed by atoms with Gasteiger partial charge in [0.25, 0.3) is 0 Å². The number of aromatic amines is 2. The molecule has 0 aliphatic heterocycles. The summed E-state index contributed by atoms with van der Waals surface area (Å²) in [6.07, 6.45) is 0. The number of esters is 2. The molecule has 0 fully saturated rings. The molecular weight excluding hydrogens is 698 g/mol. The van der Waals surface area contributed by atoms with Gasteiger partial charge in [-0.3, -0.25) is 0 Å². The highest BCUT2D eigenvalue weighted by Gasteiger charge is 2.19. The summed E-state index contributed by atoms with van der Waals surface area (Å²) in [5, 5.41) is 0. The fourth-order valence-electron chi connectivity index (χ4n) is 2.00. The zero-order valence-corrected chi connectivity index (χ0v) is 22.0. The molecule has 0 aromatic carbocycles. The molecule has 6 nitrogen and oxygen atoms in total. The number of halogens is 4. The molecule has 0 saturated heterocycles. The summed E-state index contributed by atoms with van der Waals surface area (Å²) in [6, 6.07) is 0. The van der Waals surface area contributed by atoms with Crippen LogP contribution >= 0.6 is 77.0 Å². The fraction of sp³-hybridized carbons (Fsp3) is 0.375. The first-order valence-electron chi connectivity index (χ1n) is 7.56. The van der Waals surface area contributed by atoms with Crippen molar-refractivity contribution in [3.05, 3.63) is 38.9 Å². The van der Waals surface area contributed by atoms with E-state index in [4.69, 9.17) is 9.47 Å². The van der Waals surface area contributed by atoms with Crippen LogP contribution in [0.3, 0.4) is 0 Å². The molecule has 0 bridgehead atoms. The van der Waals surface area contributed by atoms with Crippen LogP contribution in [-0.2, 0) is 9.47 Å². The summed E-state index contributed by atoms with van der Waals surface area (Å²) >= 11 is 10.8. The van der Waals surface area contributed by atoms with Crippen LogP contribution in [0, 0.1) is 21.0 Å². The van der Waals surface area contributed by atoms with Crippen LogP contribution < -0.4 is 0 Å². The second-order valence-electron chi connectivity index (χ2n) is 4.95. The predicted octanol–water partition coefficient (Wildman–Crippen LogP) is 5.73. The average molecular weight is 716 g/mol. The monoisotopic (exact) mass is 714 g/mol. The molecule has 0 unspecified atom stereocenters. The van der Waals surface area contributed by atoms with Gasteiger partial charge in [-0.1, -0.05) is 0 Å². The van der Waals surface area contributed by atoms with Crippen molar-refractivity contribution in [3.63, 3.8) is 0 Å². The van der Waals surface area contributed by atoms with Gasteiger partial charge in [-0.2, -0.15) is 0 Å². The van der Waals surface area contributed by atoms with E-state index in [1.165, 1.54) is 0 Å². The molecule has 144 valence electrons. The molecule has 0 spiro atoms. The molecule has 2 rings (SSSR count). The summed E-state index contributed by atoms with van der Waals surface area (Å²) in [7, 11) is 0. The van der Waals surface area contributed by atoms with Gasteiger partial charge in [-0.25, -0.2) is 9.59 Å². The molecule has 2 N–H and O–H groups in total. The van der Waals surface area contributed by atoms with Crippen LogP contribution in [-0.4, -0.2) is 35.1 Å². The molecule has 2 heterocycles. The van der Waals surface area contributed by atoms with Gasteiger partial charge in [0.2, 0.25) is 0 Å². The molecule has 0 saturated carbocycles. The summed E-state index contributed by atoms with van der Waals surface area (Å²) in [6.45, 7) is 8.08. The SMILES string of the molecule is CCOC(=O)c1c(C)[nH]c(Br)c1I.CCOC(=O)c1c(C)[nH]c(Br)c1I. The van der Waals surface area contributed by atoms with E-state index in [9.17, 15) is 9.59 Å². The summed E-state index contributed by atoms with van der Waals surface area (Å²) in [4.78, 5) is 28.9. The van der Waals surface area contributed by atoms with E-state index in [1.807, 2.05) is 13.8 Å². The Bertz CT molecular complexity index is 737. The van der Waals surface area contributed by atoms with E-state index in [-0.39, 0.29) is 11.9 Å². The lowest BCUT2D eigenvalue weighted by Crippen LogP contribution is -2.06. The Morgan fingerprint density at radius 1 is 0.846 bits per heavy atom. The molecule has 0 aliphatic rings. The number of carbonyl (C=O) groups is 2. The summed E-state index contributed by atoms with van der Waals surface area (Å²) in [5.41, 5.74) is 2.90. The van der Waals surface area contributed by atoms with Crippen molar-refractivity contribution < 1.29 is 19.1 Å². The van der Waals surface area contributed by atoms with Crippen LogP contribution in [0.1, 0.15) is 46.0 Å². The van der Waals surface area contributed by atoms with Crippen LogP contribution in [0.25, 0.3) is 0 Å². The van der Waals surface area contributed by atoms with E-state index in [2.05, 4.69) is 87.0 Å². The first kappa shape index (κ1) is 24.0. The minimum Gasteiger partial charge on any atom is -0.462 e. The molecule has 0 atom stereocenters. The van der Waals surface area contributed by atoms with E-state index in [0.29, 0.717) is 24.3 Å². The Kier molecular flexibility index (Phi) is 10.2. The van der Waals surface area contributed by atoms with Gasteiger partial charge in [0.05, 0.1) is 40.7 Å². The van der Waals surface area contributed by atoms with Gasteiger partial charge < -0.3 is 19.4 Å². The fourth-order valence-corrected chi connectivity index (χ4v) is 4.52. The molecule has 2 aromatic heterocycles.